The van der Waals surface area contributed by atoms with E-state index in [1.165, 1.54) is 12.1 Å². The zero-order valence-electron chi connectivity index (χ0n) is 16.4. The van der Waals surface area contributed by atoms with Crippen LogP contribution in [0.2, 0.25) is 0 Å². The summed E-state index contributed by atoms with van der Waals surface area (Å²) in [6.45, 7) is 1.27. The number of rotatable bonds is 6. The van der Waals surface area contributed by atoms with E-state index < -0.39 is 29.4 Å². The van der Waals surface area contributed by atoms with Crippen LogP contribution in [0.4, 0.5) is 16.2 Å². The lowest BCUT2D eigenvalue weighted by molar-refractivity contribution is -0.384. The lowest BCUT2D eigenvalue weighted by Crippen LogP contribution is -2.45. The standard InChI is InChI=1S/C19H24N4O7/c24-17(21-19(26)20-13-3-1-2-4-13)12-30-18(25)15-11-14(23(27)28)5-6-16(15)22-7-9-29-10-8-22/h5-6,11,13H,1-4,7-10,12H2,(H2,20,21,24,26). The first-order chi connectivity index (χ1) is 14.4. The highest BCUT2D eigenvalue weighted by Crippen LogP contribution is 2.27. The Hall–Kier alpha value is -3.21. The van der Waals surface area contributed by atoms with Crippen molar-refractivity contribution < 1.29 is 28.8 Å². The van der Waals surface area contributed by atoms with E-state index >= 15 is 0 Å². The number of nitrogens with one attached hydrogen (secondary N) is 2. The largest absolute Gasteiger partial charge is 0.452 e. The summed E-state index contributed by atoms with van der Waals surface area (Å²) in [5, 5.41) is 15.9. The van der Waals surface area contributed by atoms with Gasteiger partial charge in [-0.1, -0.05) is 12.8 Å². The van der Waals surface area contributed by atoms with Crippen LogP contribution in [0.1, 0.15) is 36.0 Å². The Morgan fingerprint density at radius 2 is 1.90 bits per heavy atom. The van der Waals surface area contributed by atoms with Crippen molar-refractivity contribution in [2.75, 3.05) is 37.8 Å². The molecule has 1 heterocycles. The van der Waals surface area contributed by atoms with Gasteiger partial charge in [0.2, 0.25) is 0 Å². The zero-order chi connectivity index (χ0) is 21.5. The van der Waals surface area contributed by atoms with E-state index in [-0.39, 0.29) is 17.3 Å². The SMILES string of the molecule is O=C(COC(=O)c1cc([N+](=O)[O-])ccc1N1CCOCC1)NC(=O)NC1CCCC1. The number of anilines is 1. The number of nitrogens with zero attached hydrogens (tertiary/aromatic N) is 2. The molecule has 3 rings (SSSR count). The van der Waals surface area contributed by atoms with E-state index in [1.54, 1.807) is 0 Å². The number of amides is 3. The number of nitro benzene ring substituents is 1. The number of carbonyl (C=O) groups excluding carboxylic acids is 3. The maximum atomic E-state index is 12.6. The number of hydrogen-bond acceptors (Lipinski definition) is 8. The second kappa shape index (κ2) is 10.0. The normalized spacial score (nSPS) is 16.7. The quantitative estimate of drug-likeness (QED) is 0.399. The molecule has 1 aromatic carbocycles. The molecule has 2 aliphatic rings. The van der Waals surface area contributed by atoms with Gasteiger partial charge in [-0.25, -0.2) is 9.59 Å². The lowest BCUT2D eigenvalue weighted by atomic mass is 10.1. The Bertz CT molecular complexity index is 817. The number of morpholine rings is 1. The van der Waals surface area contributed by atoms with Crippen molar-refractivity contribution in [3.8, 4) is 0 Å². The third kappa shape index (κ3) is 5.66. The van der Waals surface area contributed by atoms with Gasteiger partial charge in [0, 0.05) is 31.3 Å². The maximum absolute atomic E-state index is 12.6. The minimum Gasteiger partial charge on any atom is -0.452 e. The van der Waals surface area contributed by atoms with Gasteiger partial charge in [0.15, 0.2) is 6.61 Å². The molecule has 1 aliphatic carbocycles. The van der Waals surface area contributed by atoms with Gasteiger partial charge in [0.25, 0.3) is 11.6 Å². The van der Waals surface area contributed by atoms with Crippen molar-refractivity contribution in [2.45, 2.75) is 31.7 Å². The summed E-state index contributed by atoms with van der Waals surface area (Å²) >= 11 is 0. The van der Waals surface area contributed by atoms with E-state index in [0.717, 1.165) is 31.7 Å². The van der Waals surface area contributed by atoms with Crippen LogP contribution in [0.5, 0.6) is 0 Å². The molecule has 2 fully saturated rings. The number of ether oxygens (including phenoxy) is 2. The monoisotopic (exact) mass is 420 g/mol. The predicted octanol–water partition coefficient (Wildman–Crippen LogP) is 1.36. The second-order valence-corrected chi connectivity index (χ2v) is 7.14. The van der Waals surface area contributed by atoms with Crippen molar-refractivity contribution in [1.29, 1.82) is 0 Å². The molecular weight excluding hydrogens is 396 g/mol. The highest BCUT2D eigenvalue weighted by atomic mass is 16.6. The molecule has 0 atom stereocenters. The van der Waals surface area contributed by atoms with E-state index in [2.05, 4.69) is 10.6 Å². The third-order valence-corrected chi connectivity index (χ3v) is 5.04. The molecule has 0 spiro atoms. The minimum atomic E-state index is -0.883. The first-order valence-corrected chi connectivity index (χ1v) is 9.82. The fraction of sp³-hybridized carbons (Fsp3) is 0.526. The van der Waals surface area contributed by atoms with Crippen LogP contribution in [-0.2, 0) is 14.3 Å². The predicted molar refractivity (Wildman–Crippen MR) is 105 cm³/mol. The fourth-order valence-electron chi connectivity index (χ4n) is 3.54. The van der Waals surface area contributed by atoms with Crippen LogP contribution in [0.3, 0.4) is 0 Å². The van der Waals surface area contributed by atoms with Crippen molar-refractivity contribution >= 4 is 29.3 Å². The fourth-order valence-corrected chi connectivity index (χ4v) is 3.54. The average molecular weight is 420 g/mol. The van der Waals surface area contributed by atoms with Gasteiger partial charge >= 0.3 is 12.0 Å². The Balaban J connectivity index is 1.61. The first kappa shape index (κ1) is 21.5. The molecule has 0 aromatic heterocycles. The number of hydrogen-bond donors (Lipinski definition) is 2. The smallest absolute Gasteiger partial charge is 0.341 e. The highest BCUT2D eigenvalue weighted by molar-refractivity contribution is 5.99. The second-order valence-electron chi connectivity index (χ2n) is 7.14. The van der Waals surface area contributed by atoms with Crippen LogP contribution >= 0.6 is 0 Å². The summed E-state index contributed by atoms with van der Waals surface area (Å²) in [5.74, 6) is -1.66. The van der Waals surface area contributed by atoms with E-state index in [0.29, 0.717) is 32.0 Å². The molecule has 1 saturated carbocycles. The van der Waals surface area contributed by atoms with Gasteiger partial charge in [-0.15, -0.1) is 0 Å². The lowest BCUT2D eigenvalue weighted by Gasteiger charge is -2.30. The molecule has 162 valence electrons. The highest BCUT2D eigenvalue weighted by Gasteiger charge is 2.24. The summed E-state index contributed by atoms with van der Waals surface area (Å²) in [4.78, 5) is 48.7. The maximum Gasteiger partial charge on any atom is 0.341 e. The average Bonchev–Trinajstić information content (AvgIpc) is 3.25. The molecule has 1 saturated heterocycles. The molecule has 0 unspecified atom stereocenters. The van der Waals surface area contributed by atoms with E-state index in [4.69, 9.17) is 9.47 Å². The summed E-state index contributed by atoms with van der Waals surface area (Å²) in [5.41, 5.74) is 0.182. The molecule has 1 aliphatic heterocycles. The van der Waals surface area contributed by atoms with Gasteiger partial charge in [0.05, 0.1) is 29.4 Å². The van der Waals surface area contributed by atoms with Crippen LogP contribution in [0.15, 0.2) is 18.2 Å². The van der Waals surface area contributed by atoms with Gasteiger partial charge in [-0.2, -0.15) is 0 Å². The Morgan fingerprint density at radius 1 is 1.20 bits per heavy atom. The van der Waals surface area contributed by atoms with Gasteiger partial charge in [-0.05, 0) is 18.9 Å². The van der Waals surface area contributed by atoms with Crippen molar-refractivity contribution in [2.24, 2.45) is 0 Å². The Labute approximate surface area is 172 Å². The number of carbonyl (C=O) groups is 3. The topological polar surface area (TPSA) is 140 Å². The van der Waals surface area contributed by atoms with E-state index in [1.807, 2.05) is 4.90 Å². The van der Waals surface area contributed by atoms with Crippen molar-refractivity contribution in [1.82, 2.24) is 10.6 Å². The molecule has 3 amide bonds. The molecule has 11 heteroatoms. The van der Waals surface area contributed by atoms with Crippen molar-refractivity contribution in [3.63, 3.8) is 0 Å². The van der Waals surface area contributed by atoms with E-state index in [9.17, 15) is 24.5 Å². The molecule has 1 aromatic rings. The molecular formula is C19H24N4O7. The van der Waals surface area contributed by atoms with Gasteiger partial charge in [0.1, 0.15) is 0 Å². The Morgan fingerprint density at radius 3 is 2.57 bits per heavy atom. The number of esters is 1. The summed E-state index contributed by atoms with van der Waals surface area (Å²) in [6.07, 6.45) is 3.80. The van der Waals surface area contributed by atoms with Crippen LogP contribution in [-0.4, -0.2) is 61.8 Å². The summed E-state index contributed by atoms with van der Waals surface area (Å²) in [6, 6.07) is 3.32. The molecule has 2 N–H and O–H groups in total. The number of imide groups is 1. The third-order valence-electron chi connectivity index (χ3n) is 5.04. The number of nitro groups is 1. The molecule has 0 bridgehead atoms. The van der Waals surface area contributed by atoms with Crippen LogP contribution in [0.25, 0.3) is 0 Å². The first-order valence-electron chi connectivity index (χ1n) is 9.82. The molecule has 0 radical (unpaired) electrons. The number of urea groups is 1. The summed E-state index contributed by atoms with van der Waals surface area (Å²) < 4.78 is 10.3. The van der Waals surface area contributed by atoms with Gasteiger partial charge < -0.3 is 19.7 Å². The minimum absolute atomic E-state index is 0.0192. The number of benzene rings is 1. The van der Waals surface area contributed by atoms with Crippen LogP contribution < -0.4 is 15.5 Å². The zero-order valence-corrected chi connectivity index (χ0v) is 16.4. The van der Waals surface area contributed by atoms with Gasteiger partial charge in [-0.3, -0.25) is 20.2 Å². The molecule has 30 heavy (non-hydrogen) atoms. The summed E-state index contributed by atoms with van der Waals surface area (Å²) in [7, 11) is 0. The Kier molecular flexibility index (Phi) is 7.17. The number of non-ortho nitro benzene ring substituents is 1. The van der Waals surface area contributed by atoms with Crippen LogP contribution in [0, 0.1) is 10.1 Å². The molecule has 11 nitrogen and oxygen atoms in total. The van der Waals surface area contributed by atoms with Crippen molar-refractivity contribution in [3.05, 3.63) is 33.9 Å².